The van der Waals surface area contributed by atoms with Gasteiger partial charge in [0.1, 0.15) is 25.4 Å². The molecular weight excluding hydrogens is 358 g/mol. The van der Waals surface area contributed by atoms with Gasteiger partial charge in [-0.2, -0.15) is 0 Å². The number of esters is 1. The Kier molecular flexibility index (Phi) is 7.99. The third-order valence-electron chi connectivity index (χ3n) is 4.17. The van der Waals surface area contributed by atoms with Crippen LogP contribution in [-0.4, -0.2) is 77.1 Å². The first-order valence-corrected chi connectivity index (χ1v) is 8.29. The summed E-state index contributed by atoms with van der Waals surface area (Å²) in [4.78, 5) is 26.7. The zero-order chi connectivity index (χ0) is 19.8. The number of ether oxygens (including phenoxy) is 6. The average molecular weight is 383 g/mol. The van der Waals surface area contributed by atoms with Crippen molar-refractivity contribution >= 4 is 11.9 Å². The number of amides is 1. The molecule has 0 spiro atoms. The van der Waals surface area contributed by atoms with Crippen LogP contribution >= 0.6 is 0 Å². The van der Waals surface area contributed by atoms with Gasteiger partial charge in [0.15, 0.2) is 12.1 Å². The van der Waals surface area contributed by atoms with Gasteiger partial charge in [0, 0.05) is 20.8 Å². The highest BCUT2D eigenvalue weighted by molar-refractivity contribution is 5.92. The molecule has 0 aliphatic carbocycles. The van der Waals surface area contributed by atoms with Crippen LogP contribution in [0.15, 0.2) is 24.3 Å². The van der Waals surface area contributed by atoms with Crippen molar-refractivity contribution in [2.75, 3.05) is 42.0 Å². The minimum Gasteiger partial charge on any atom is -0.497 e. The van der Waals surface area contributed by atoms with E-state index in [9.17, 15) is 9.59 Å². The number of nitrogens with zero attached hydrogens (tertiary/aromatic N) is 1. The van der Waals surface area contributed by atoms with Gasteiger partial charge in [0.25, 0.3) is 5.91 Å². The molecule has 1 fully saturated rings. The summed E-state index contributed by atoms with van der Waals surface area (Å²) in [7, 11) is 5.72. The molecule has 0 radical (unpaired) electrons. The maximum absolute atomic E-state index is 12.9. The first-order valence-electron chi connectivity index (χ1n) is 8.29. The number of likely N-dealkylation sites (tertiary alicyclic amines) is 1. The van der Waals surface area contributed by atoms with Crippen molar-refractivity contribution in [3.8, 4) is 5.75 Å². The molecule has 1 amide bonds. The molecule has 9 nitrogen and oxygen atoms in total. The Bertz CT molecular complexity index is 620. The molecule has 1 aliphatic heterocycles. The lowest BCUT2D eigenvalue weighted by Crippen LogP contribution is -2.45. The second kappa shape index (κ2) is 10.2. The highest BCUT2D eigenvalue weighted by Crippen LogP contribution is 2.28. The minimum absolute atomic E-state index is 0.103. The lowest BCUT2D eigenvalue weighted by Gasteiger charge is -2.25. The number of hydrogen-bond acceptors (Lipinski definition) is 8. The Labute approximate surface area is 158 Å². The summed E-state index contributed by atoms with van der Waals surface area (Å²) in [5.74, 6) is -0.292. The van der Waals surface area contributed by atoms with E-state index in [-0.39, 0.29) is 26.0 Å². The smallest absolute Gasteiger partial charge is 0.331 e. The number of hydrogen-bond donors (Lipinski definition) is 0. The van der Waals surface area contributed by atoms with Crippen molar-refractivity contribution in [3.05, 3.63) is 29.8 Å². The zero-order valence-electron chi connectivity index (χ0n) is 15.9. The molecule has 0 saturated carbocycles. The van der Waals surface area contributed by atoms with E-state index in [1.54, 1.807) is 19.2 Å². The van der Waals surface area contributed by atoms with Gasteiger partial charge in [-0.3, -0.25) is 4.79 Å². The molecule has 0 N–H and O–H groups in total. The fourth-order valence-electron chi connectivity index (χ4n) is 2.90. The number of carbonyl (C=O) groups excluding carboxylic acids is 2. The fraction of sp³-hybridized carbons (Fsp3) is 0.556. The number of rotatable bonds is 10. The van der Waals surface area contributed by atoms with E-state index in [0.717, 1.165) is 5.56 Å². The van der Waals surface area contributed by atoms with Crippen molar-refractivity contribution in [1.29, 1.82) is 0 Å². The lowest BCUT2D eigenvalue weighted by molar-refractivity contribution is -0.167. The highest BCUT2D eigenvalue weighted by Gasteiger charge is 2.53. The summed E-state index contributed by atoms with van der Waals surface area (Å²) in [6, 6.07) is 6.22. The molecule has 1 aliphatic rings. The fourth-order valence-corrected chi connectivity index (χ4v) is 2.90. The molecular formula is C18H25NO8. The third-order valence-corrected chi connectivity index (χ3v) is 4.17. The molecule has 27 heavy (non-hydrogen) atoms. The predicted molar refractivity (Wildman–Crippen MR) is 92.8 cm³/mol. The molecule has 1 saturated heterocycles. The summed E-state index contributed by atoms with van der Waals surface area (Å²) < 4.78 is 30.9. The molecule has 0 aromatic heterocycles. The van der Waals surface area contributed by atoms with Crippen LogP contribution in [0, 0.1) is 0 Å². The summed E-state index contributed by atoms with van der Waals surface area (Å²) in [6.45, 7) is -0.0372. The van der Waals surface area contributed by atoms with Gasteiger partial charge in [-0.1, -0.05) is 12.1 Å². The topological polar surface area (TPSA) is 92.8 Å². The minimum atomic E-state index is -1.01. The Morgan fingerprint density at radius 2 is 1.63 bits per heavy atom. The Morgan fingerprint density at radius 1 is 1.00 bits per heavy atom. The van der Waals surface area contributed by atoms with Gasteiger partial charge < -0.3 is 33.3 Å². The van der Waals surface area contributed by atoms with E-state index in [1.807, 2.05) is 12.1 Å². The van der Waals surface area contributed by atoms with E-state index in [0.29, 0.717) is 5.75 Å². The van der Waals surface area contributed by atoms with E-state index >= 15 is 0 Å². The van der Waals surface area contributed by atoms with Crippen LogP contribution in [0.3, 0.4) is 0 Å². The third kappa shape index (κ3) is 4.95. The molecule has 1 aromatic carbocycles. The van der Waals surface area contributed by atoms with Gasteiger partial charge in [-0.15, -0.1) is 0 Å². The molecule has 150 valence electrons. The molecule has 9 heteroatoms. The molecule has 0 bridgehead atoms. The van der Waals surface area contributed by atoms with Crippen LogP contribution in [0.5, 0.6) is 5.75 Å². The van der Waals surface area contributed by atoms with E-state index in [2.05, 4.69) is 0 Å². The van der Waals surface area contributed by atoms with Crippen LogP contribution in [0.2, 0.25) is 0 Å². The van der Waals surface area contributed by atoms with Gasteiger partial charge >= 0.3 is 5.97 Å². The first kappa shape index (κ1) is 21.1. The van der Waals surface area contributed by atoms with E-state index in [4.69, 9.17) is 28.4 Å². The van der Waals surface area contributed by atoms with Crippen LogP contribution in [0.4, 0.5) is 0 Å². The van der Waals surface area contributed by atoms with Crippen LogP contribution in [0.1, 0.15) is 5.56 Å². The van der Waals surface area contributed by atoms with Crippen molar-refractivity contribution in [1.82, 2.24) is 4.90 Å². The maximum atomic E-state index is 12.9. The molecule has 1 heterocycles. The van der Waals surface area contributed by atoms with Crippen molar-refractivity contribution in [3.63, 3.8) is 0 Å². The quantitative estimate of drug-likeness (QED) is 0.427. The molecule has 2 rings (SSSR count). The summed E-state index contributed by atoms with van der Waals surface area (Å²) in [5.41, 5.74) is 0.816. The molecule has 1 unspecified atom stereocenters. The Morgan fingerprint density at radius 3 is 2.19 bits per heavy atom. The van der Waals surface area contributed by atoms with Crippen molar-refractivity contribution < 1.29 is 38.0 Å². The Hall–Kier alpha value is -2.20. The standard InChI is InChI=1S/C18H25NO8/c1-22-10-26-15-14(18(21)25-4)19(17(20)16(15)27-11-23-2)9-12-5-7-13(24-3)8-6-12/h5-8,14-16H,9-11H2,1-4H3/t14?,15-,16+/m1/s1. The van der Waals surface area contributed by atoms with Gasteiger partial charge in [-0.05, 0) is 17.7 Å². The number of carbonyl (C=O) groups is 2. The first-order chi connectivity index (χ1) is 13.1. The van der Waals surface area contributed by atoms with Gasteiger partial charge in [-0.25, -0.2) is 4.79 Å². The zero-order valence-corrected chi connectivity index (χ0v) is 15.9. The molecule has 3 atom stereocenters. The summed E-state index contributed by atoms with van der Waals surface area (Å²) in [5, 5.41) is 0. The van der Waals surface area contributed by atoms with Crippen molar-refractivity contribution in [2.24, 2.45) is 0 Å². The second-order valence-electron chi connectivity index (χ2n) is 5.81. The van der Waals surface area contributed by atoms with Crippen LogP contribution in [-0.2, 0) is 39.8 Å². The number of methoxy groups -OCH3 is 4. The van der Waals surface area contributed by atoms with Gasteiger partial charge in [0.05, 0.1) is 14.2 Å². The van der Waals surface area contributed by atoms with Gasteiger partial charge in [0.2, 0.25) is 0 Å². The maximum Gasteiger partial charge on any atom is 0.331 e. The summed E-state index contributed by atoms with van der Waals surface area (Å²) in [6.07, 6.45) is -1.90. The predicted octanol–water partition coefficient (Wildman–Crippen LogP) is 0.557. The van der Waals surface area contributed by atoms with Crippen molar-refractivity contribution in [2.45, 2.75) is 24.8 Å². The lowest BCUT2D eigenvalue weighted by atomic mass is 10.1. The Balaban J connectivity index is 2.29. The average Bonchev–Trinajstić information content (AvgIpc) is 2.95. The van der Waals surface area contributed by atoms with E-state index in [1.165, 1.54) is 26.2 Å². The second-order valence-corrected chi connectivity index (χ2v) is 5.81. The molecule has 1 aromatic rings. The highest BCUT2D eigenvalue weighted by atomic mass is 16.7. The van der Waals surface area contributed by atoms with E-state index < -0.39 is 24.2 Å². The SMILES string of the molecule is COCO[C@@H]1C(=O)N(Cc2ccc(OC)cc2)C(C(=O)OC)[C@H]1OCOC. The normalized spacial score (nSPS) is 22.1. The van der Waals surface area contributed by atoms with Crippen LogP contribution < -0.4 is 4.74 Å². The summed E-state index contributed by atoms with van der Waals surface area (Å²) >= 11 is 0. The largest absolute Gasteiger partial charge is 0.497 e. The van der Waals surface area contributed by atoms with Crippen LogP contribution in [0.25, 0.3) is 0 Å². The monoisotopic (exact) mass is 383 g/mol. The number of benzene rings is 1.